The van der Waals surface area contributed by atoms with Crippen LogP contribution in [0.4, 0.5) is 5.82 Å². The molecule has 39 heavy (non-hydrogen) atoms. The van der Waals surface area contributed by atoms with Crippen molar-refractivity contribution in [2.45, 2.75) is 52.4 Å². The van der Waals surface area contributed by atoms with E-state index in [4.69, 9.17) is 10.7 Å². The number of imidazole rings is 1. The van der Waals surface area contributed by atoms with Gasteiger partial charge in [0.2, 0.25) is 5.91 Å². The molecule has 0 unspecified atom stereocenters. The van der Waals surface area contributed by atoms with E-state index in [1.807, 2.05) is 12.3 Å². The largest absolute Gasteiger partial charge is 0.382 e. The second-order valence-corrected chi connectivity index (χ2v) is 10.5. The van der Waals surface area contributed by atoms with Crippen LogP contribution < -0.4 is 21.5 Å². The van der Waals surface area contributed by atoms with Crippen LogP contribution in [0, 0.1) is 5.92 Å². The number of rotatable bonds is 6. The van der Waals surface area contributed by atoms with Crippen molar-refractivity contribution in [2.75, 3.05) is 12.3 Å². The number of anilines is 1. The Labute approximate surface area is 230 Å². The number of nitrogens with two attached hydrogens (primary N) is 1. The maximum absolute atomic E-state index is 11.3. The summed E-state index contributed by atoms with van der Waals surface area (Å²) in [7, 11) is 0. The molecule has 1 fully saturated rings. The van der Waals surface area contributed by atoms with Crippen molar-refractivity contribution in [3.05, 3.63) is 88.8 Å². The molecule has 200 valence electrons. The lowest BCUT2D eigenvalue weighted by Gasteiger charge is -2.27. The highest BCUT2D eigenvalue weighted by Crippen LogP contribution is 2.38. The minimum Gasteiger partial charge on any atom is -0.382 e. The summed E-state index contributed by atoms with van der Waals surface area (Å²) in [6, 6.07) is 16.9. The summed E-state index contributed by atoms with van der Waals surface area (Å²) in [5.74, 6) is 2.45. The smallest absolute Gasteiger partial charge is 0.216 e. The van der Waals surface area contributed by atoms with Crippen LogP contribution in [0.3, 0.4) is 0 Å². The first kappa shape index (κ1) is 26.4. The highest BCUT2D eigenvalue weighted by Gasteiger charge is 2.27. The number of nitrogens with one attached hydrogen (secondary N) is 1. The molecule has 6 heteroatoms. The molecule has 0 atom stereocenters. The fourth-order valence-electron chi connectivity index (χ4n) is 5.63. The molecule has 0 radical (unpaired) electrons. The Morgan fingerprint density at radius 2 is 1.85 bits per heavy atom. The van der Waals surface area contributed by atoms with Gasteiger partial charge in [-0.2, -0.15) is 0 Å². The minimum atomic E-state index is 0.0404. The third-order valence-corrected chi connectivity index (χ3v) is 7.88. The molecule has 0 bridgehead atoms. The van der Waals surface area contributed by atoms with E-state index in [0.29, 0.717) is 17.7 Å². The van der Waals surface area contributed by atoms with Crippen LogP contribution in [0.5, 0.6) is 0 Å². The monoisotopic (exact) mass is 519 g/mol. The van der Waals surface area contributed by atoms with E-state index in [2.05, 4.69) is 89.2 Å². The van der Waals surface area contributed by atoms with Gasteiger partial charge in [0, 0.05) is 37.3 Å². The summed E-state index contributed by atoms with van der Waals surface area (Å²) >= 11 is 0. The first-order valence-corrected chi connectivity index (χ1v) is 13.8. The topological polar surface area (TPSA) is 85.3 Å². The lowest BCUT2D eigenvalue weighted by molar-refractivity contribution is -0.119. The number of nitrogens with zero attached hydrogens (tertiary/aromatic N) is 3. The second-order valence-electron chi connectivity index (χ2n) is 10.5. The number of hydrogen-bond acceptors (Lipinski definition) is 4. The van der Waals surface area contributed by atoms with E-state index in [9.17, 15) is 4.79 Å². The molecule has 4 aromatic rings. The number of carbonyl (C=O) groups is 1. The van der Waals surface area contributed by atoms with E-state index in [-0.39, 0.29) is 5.91 Å². The normalized spacial score (nSPS) is 19.0. The van der Waals surface area contributed by atoms with Gasteiger partial charge in [0.05, 0.1) is 0 Å². The summed E-state index contributed by atoms with van der Waals surface area (Å²) in [6.45, 7) is 6.54. The van der Waals surface area contributed by atoms with Crippen LogP contribution in [0.15, 0.2) is 67.0 Å². The van der Waals surface area contributed by atoms with Gasteiger partial charge >= 0.3 is 0 Å². The van der Waals surface area contributed by atoms with Gasteiger partial charge in [-0.3, -0.25) is 9.20 Å². The lowest BCUT2D eigenvalue weighted by Crippen LogP contribution is -2.29. The first-order valence-electron chi connectivity index (χ1n) is 13.8. The molecule has 0 saturated heterocycles. The van der Waals surface area contributed by atoms with Crippen LogP contribution in [0.1, 0.15) is 63.8 Å². The number of aromatic nitrogens is 3. The average molecular weight is 520 g/mol. The van der Waals surface area contributed by atoms with Crippen molar-refractivity contribution in [3.63, 3.8) is 0 Å². The maximum atomic E-state index is 11.3. The van der Waals surface area contributed by atoms with E-state index >= 15 is 0 Å². The Morgan fingerprint density at radius 1 is 1.08 bits per heavy atom. The molecule has 1 saturated carbocycles. The molecule has 1 aliphatic carbocycles. The average Bonchev–Trinajstić information content (AvgIpc) is 3.36. The zero-order chi connectivity index (χ0) is 27.4. The molecule has 0 aliphatic heterocycles. The van der Waals surface area contributed by atoms with Gasteiger partial charge in [0.1, 0.15) is 22.9 Å². The number of amides is 1. The Kier molecular flexibility index (Phi) is 7.92. The molecule has 3 N–H and O–H groups in total. The summed E-state index contributed by atoms with van der Waals surface area (Å²) in [5.41, 5.74) is 11.6. The molecule has 6 nitrogen and oxygen atoms in total. The van der Waals surface area contributed by atoms with E-state index in [0.717, 1.165) is 65.3 Å². The summed E-state index contributed by atoms with van der Waals surface area (Å²) < 4.78 is 2.14. The summed E-state index contributed by atoms with van der Waals surface area (Å²) in [5, 5.41) is 5.28. The summed E-state index contributed by atoms with van der Waals surface area (Å²) in [6.07, 6.45) is 14.4. The summed E-state index contributed by atoms with van der Waals surface area (Å²) in [4.78, 5) is 20.9. The predicted molar refractivity (Wildman–Crippen MR) is 160 cm³/mol. The van der Waals surface area contributed by atoms with Crippen LogP contribution in [0.2, 0.25) is 0 Å². The second kappa shape index (κ2) is 11.7. The Hall–Kier alpha value is -4.19. The van der Waals surface area contributed by atoms with Gasteiger partial charge in [-0.1, -0.05) is 60.7 Å². The predicted octanol–water partition coefficient (Wildman–Crippen LogP) is 5.07. The van der Waals surface area contributed by atoms with Crippen molar-refractivity contribution < 1.29 is 4.79 Å². The quantitative estimate of drug-likeness (QED) is 0.372. The Bertz CT molecular complexity index is 1630. The van der Waals surface area contributed by atoms with Crippen LogP contribution in [0.25, 0.3) is 34.5 Å². The SMILES string of the molecule is CC=c1cc(-c2nc([C@H]3CC[C@H](CNC(C)=O)CC3)n3ccnc(N)c23)cc/c1=C/C=C(\C)c1ccccc1. The van der Waals surface area contributed by atoms with Gasteiger partial charge in [-0.25, -0.2) is 9.97 Å². The third kappa shape index (κ3) is 5.80. The molecule has 1 amide bonds. The maximum Gasteiger partial charge on any atom is 0.216 e. The fraction of sp³-hybridized carbons (Fsp3) is 0.303. The van der Waals surface area contributed by atoms with Crippen molar-refractivity contribution in [2.24, 2.45) is 5.92 Å². The zero-order valence-electron chi connectivity index (χ0n) is 23.0. The zero-order valence-corrected chi connectivity index (χ0v) is 23.0. The van der Waals surface area contributed by atoms with E-state index in [1.54, 1.807) is 13.1 Å². The van der Waals surface area contributed by atoms with Gasteiger partial charge in [0.15, 0.2) is 0 Å². The van der Waals surface area contributed by atoms with E-state index < -0.39 is 0 Å². The lowest BCUT2D eigenvalue weighted by atomic mass is 9.81. The Balaban J connectivity index is 1.48. The van der Waals surface area contributed by atoms with Crippen LogP contribution in [-0.2, 0) is 4.79 Å². The highest BCUT2D eigenvalue weighted by atomic mass is 16.1. The van der Waals surface area contributed by atoms with Crippen molar-refractivity contribution in [1.82, 2.24) is 19.7 Å². The number of hydrogen-bond donors (Lipinski definition) is 2. The molecule has 1 aliphatic rings. The van der Waals surface area contributed by atoms with Gasteiger partial charge in [-0.15, -0.1) is 0 Å². The van der Waals surface area contributed by atoms with Crippen LogP contribution in [-0.4, -0.2) is 26.8 Å². The third-order valence-electron chi connectivity index (χ3n) is 7.88. The molecule has 2 aromatic heterocycles. The van der Waals surface area contributed by atoms with Crippen molar-refractivity contribution >= 4 is 35.0 Å². The molecule has 2 aromatic carbocycles. The van der Waals surface area contributed by atoms with Crippen molar-refractivity contribution in [3.8, 4) is 11.3 Å². The van der Waals surface area contributed by atoms with Crippen LogP contribution >= 0.6 is 0 Å². The number of benzene rings is 2. The Morgan fingerprint density at radius 3 is 2.56 bits per heavy atom. The fourth-order valence-corrected chi connectivity index (χ4v) is 5.63. The molecule has 0 spiro atoms. The van der Waals surface area contributed by atoms with Crippen molar-refractivity contribution in [1.29, 1.82) is 0 Å². The number of carbonyl (C=O) groups excluding carboxylic acids is 1. The number of allylic oxidation sites excluding steroid dienone is 2. The molecule has 5 rings (SSSR count). The number of nitrogen functional groups attached to an aromatic ring is 1. The molecule has 2 heterocycles. The first-order chi connectivity index (χ1) is 18.9. The van der Waals surface area contributed by atoms with E-state index in [1.165, 1.54) is 11.1 Å². The molecular formula is C33H37N5O. The number of fused-ring (bicyclic) bond motifs is 1. The standard InChI is InChI=1S/C33H37N5O/c1-4-25-20-29(17-16-27(25)13-10-22(2)26-8-6-5-7-9-26)30-31-32(34)35-18-19-38(31)33(37-30)28-14-11-24(12-15-28)21-36-23(3)39/h4-10,13,16-20,24,28H,11-12,14-15,21H2,1-3H3,(H2,34,35)(H,36,39)/b22-10+,25-4?,27-13-/t24-,28-. The van der Waals surface area contributed by atoms with Gasteiger partial charge in [0.25, 0.3) is 0 Å². The van der Waals surface area contributed by atoms with Gasteiger partial charge < -0.3 is 11.1 Å². The van der Waals surface area contributed by atoms with Gasteiger partial charge in [-0.05, 0) is 73.1 Å². The molecular weight excluding hydrogens is 482 g/mol. The highest BCUT2D eigenvalue weighted by molar-refractivity contribution is 5.85. The minimum absolute atomic E-state index is 0.0404.